The van der Waals surface area contributed by atoms with Crippen molar-refractivity contribution < 1.29 is 14.6 Å². The Kier molecular flexibility index (Phi) is 10.6. The van der Waals surface area contributed by atoms with Crippen LogP contribution in [0.2, 0.25) is 0 Å². The Labute approximate surface area is 182 Å². The van der Waals surface area contributed by atoms with E-state index in [2.05, 4.69) is 22.9 Å². The molecule has 0 saturated carbocycles. The molecule has 0 atom stereocenters. The summed E-state index contributed by atoms with van der Waals surface area (Å²) in [5.41, 5.74) is 1.77. The number of aliphatic carboxylic acids is 1. The highest BCUT2D eigenvalue weighted by atomic mass is 79.9. The lowest BCUT2D eigenvalue weighted by Gasteiger charge is -2.07. The van der Waals surface area contributed by atoms with Crippen molar-refractivity contribution in [2.45, 2.75) is 58.3 Å². The van der Waals surface area contributed by atoms with E-state index in [9.17, 15) is 9.90 Å². The minimum atomic E-state index is -0.946. The van der Waals surface area contributed by atoms with Crippen LogP contribution >= 0.6 is 15.9 Å². The first-order valence-corrected chi connectivity index (χ1v) is 11.3. The first-order valence-electron chi connectivity index (χ1n) is 10.5. The summed E-state index contributed by atoms with van der Waals surface area (Å²) in [4.78, 5) is 11.7. The number of halogens is 1. The molecule has 29 heavy (non-hydrogen) atoms. The van der Waals surface area contributed by atoms with Crippen LogP contribution in [-0.4, -0.2) is 17.7 Å². The first-order chi connectivity index (χ1) is 14.1. The van der Waals surface area contributed by atoms with Gasteiger partial charge in [-0.1, -0.05) is 92.1 Å². The standard InChI is InChI=1S/C25H31BrO3/c1-2-3-4-5-6-7-8-9-17-29-23-15-13-20(14-16-23)18-24(25(27)28)21-11-10-12-22(26)19-21/h10-16,18-19H,2-9,17H2,1H3,(H,27,28)/b24-18+. The van der Waals surface area contributed by atoms with Gasteiger partial charge in [-0.25, -0.2) is 4.79 Å². The van der Waals surface area contributed by atoms with Crippen molar-refractivity contribution in [1.29, 1.82) is 0 Å². The molecule has 2 rings (SSSR count). The van der Waals surface area contributed by atoms with Gasteiger partial charge in [-0.3, -0.25) is 0 Å². The van der Waals surface area contributed by atoms with Crippen molar-refractivity contribution in [2.75, 3.05) is 6.61 Å². The van der Waals surface area contributed by atoms with E-state index in [-0.39, 0.29) is 5.57 Å². The number of ether oxygens (including phenoxy) is 1. The minimum absolute atomic E-state index is 0.263. The Morgan fingerprint density at radius 1 is 0.966 bits per heavy atom. The average Bonchev–Trinajstić information content (AvgIpc) is 2.71. The van der Waals surface area contributed by atoms with E-state index in [1.165, 1.54) is 44.9 Å². The summed E-state index contributed by atoms with van der Waals surface area (Å²) < 4.78 is 6.67. The maximum absolute atomic E-state index is 11.7. The smallest absolute Gasteiger partial charge is 0.336 e. The third-order valence-corrected chi connectivity index (χ3v) is 5.32. The van der Waals surface area contributed by atoms with E-state index in [4.69, 9.17) is 4.74 Å². The molecular formula is C25H31BrO3. The quantitative estimate of drug-likeness (QED) is 0.191. The van der Waals surface area contributed by atoms with Crippen molar-refractivity contribution >= 4 is 33.5 Å². The molecule has 4 heteroatoms. The normalized spacial score (nSPS) is 11.4. The number of hydrogen-bond donors (Lipinski definition) is 1. The van der Waals surface area contributed by atoms with Gasteiger partial charge < -0.3 is 9.84 Å². The van der Waals surface area contributed by atoms with Gasteiger partial charge in [0.1, 0.15) is 5.75 Å². The lowest BCUT2D eigenvalue weighted by atomic mass is 10.0. The van der Waals surface area contributed by atoms with E-state index in [1.807, 2.05) is 36.4 Å². The molecule has 1 N–H and O–H groups in total. The van der Waals surface area contributed by atoms with Gasteiger partial charge in [-0.2, -0.15) is 0 Å². The van der Waals surface area contributed by atoms with Crippen molar-refractivity contribution in [2.24, 2.45) is 0 Å². The number of carboxylic acids is 1. The van der Waals surface area contributed by atoms with Crippen LogP contribution in [0.25, 0.3) is 11.6 Å². The van der Waals surface area contributed by atoms with Crippen molar-refractivity contribution in [3.63, 3.8) is 0 Å². The van der Waals surface area contributed by atoms with Crippen LogP contribution in [0.1, 0.15) is 69.4 Å². The lowest BCUT2D eigenvalue weighted by Crippen LogP contribution is -2.00. The van der Waals surface area contributed by atoms with Crippen molar-refractivity contribution in [3.8, 4) is 5.75 Å². The van der Waals surface area contributed by atoms with Crippen LogP contribution < -0.4 is 4.74 Å². The number of benzene rings is 2. The summed E-state index contributed by atoms with van der Waals surface area (Å²) in [6.45, 7) is 2.97. The molecular weight excluding hydrogens is 428 g/mol. The van der Waals surface area contributed by atoms with Gasteiger partial charge >= 0.3 is 5.97 Å². The second-order valence-electron chi connectivity index (χ2n) is 7.27. The summed E-state index contributed by atoms with van der Waals surface area (Å²) in [6, 6.07) is 14.9. The number of carboxylic acid groups (broad SMARTS) is 1. The zero-order chi connectivity index (χ0) is 20.9. The van der Waals surface area contributed by atoms with E-state index in [0.29, 0.717) is 5.56 Å². The van der Waals surface area contributed by atoms with Gasteiger partial charge in [0.05, 0.1) is 12.2 Å². The summed E-state index contributed by atoms with van der Waals surface area (Å²) in [7, 11) is 0. The van der Waals surface area contributed by atoms with Gasteiger partial charge in [-0.15, -0.1) is 0 Å². The molecule has 0 unspecified atom stereocenters. The van der Waals surface area contributed by atoms with Gasteiger partial charge in [0.15, 0.2) is 0 Å². The second kappa shape index (κ2) is 13.2. The van der Waals surface area contributed by atoms with Gasteiger partial charge in [0, 0.05) is 4.47 Å². The highest BCUT2D eigenvalue weighted by Gasteiger charge is 2.10. The zero-order valence-corrected chi connectivity index (χ0v) is 18.8. The summed E-state index contributed by atoms with van der Waals surface area (Å²) in [6.07, 6.45) is 11.9. The molecule has 0 spiro atoms. The van der Waals surface area contributed by atoms with E-state index in [1.54, 1.807) is 18.2 Å². The third-order valence-electron chi connectivity index (χ3n) is 4.82. The van der Waals surface area contributed by atoms with Gasteiger partial charge in [0.2, 0.25) is 0 Å². The Balaban J connectivity index is 1.81. The summed E-state index contributed by atoms with van der Waals surface area (Å²) >= 11 is 3.39. The van der Waals surface area contributed by atoms with Gasteiger partial charge in [0.25, 0.3) is 0 Å². The minimum Gasteiger partial charge on any atom is -0.494 e. The molecule has 2 aromatic rings. The molecule has 156 valence electrons. The zero-order valence-electron chi connectivity index (χ0n) is 17.2. The fourth-order valence-electron chi connectivity index (χ4n) is 3.18. The number of unbranched alkanes of at least 4 members (excludes halogenated alkanes) is 7. The largest absolute Gasteiger partial charge is 0.494 e. The molecule has 3 nitrogen and oxygen atoms in total. The molecule has 0 saturated heterocycles. The maximum atomic E-state index is 11.7. The number of hydrogen-bond acceptors (Lipinski definition) is 2. The predicted molar refractivity (Wildman–Crippen MR) is 124 cm³/mol. The van der Waals surface area contributed by atoms with Crippen LogP contribution in [-0.2, 0) is 4.79 Å². The van der Waals surface area contributed by atoms with Crippen LogP contribution in [0.4, 0.5) is 0 Å². The summed E-state index contributed by atoms with van der Waals surface area (Å²) in [5.74, 6) is -0.123. The first kappa shape index (κ1) is 23.2. The Morgan fingerprint density at radius 3 is 2.24 bits per heavy atom. The Hall–Kier alpha value is -2.07. The molecule has 2 aromatic carbocycles. The van der Waals surface area contributed by atoms with E-state index in [0.717, 1.165) is 28.8 Å². The van der Waals surface area contributed by atoms with Crippen molar-refractivity contribution in [3.05, 3.63) is 64.1 Å². The second-order valence-corrected chi connectivity index (χ2v) is 8.18. The highest BCUT2D eigenvalue weighted by molar-refractivity contribution is 9.10. The van der Waals surface area contributed by atoms with E-state index < -0.39 is 5.97 Å². The third kappa shape index (κ3) is 8.86. The van der Waals surface area contributed by atoms with Crippen LogP contribution in [0.5, 0.6) is 5.75 Å². The fraction of sp³-hybridized carbons (Fsp3) is 0.400. The predicted octanol–water partition coefficient (Wildman–Crippen LogP) is 7.59. The molecule has 0 radical (unpaired) electrons. The molecule has 0 amide bonds. The number of carbonyl (C=O) groups is 1. The molecule has 0 aliphatic rings. The molecule has 0 aliphatic heterocycles. The van der Waals surface area contributed by atoms with Crippen molar-refractivity contribution in [1.82, 2.24) is 0 Å². The Morgan fingerprint density at radius 2 is 1.62 bits per heavy atom. The molecule has 0 aromatic heterocycles. The summed E-state index contributed by atoms with van der Waals surface area (Å²) in [5, 5.41) is 9.57. The fourth-order valence-corrected chi connectivity index (χ4v) is 3.58. The number of rotatable bonds is 13. The topological polar surface area (TPSA) is 46.5 Å². The van der Waals surface area contributed by atoms with Crippen LogP contribution in [0, 0.1) is 0 Å². The molecule has 0 aliphatic carbocycles. The van der Waals surface area contributed by atoms with Crippen LogP contribution in [0.3, 0.4) is 0 Å². The monoisotopic (exact) mass is 458 g/mol. The molecule has 0 heterocycles. The maximum Gasteiger partial charge on any atom is 0.336 e. The van der Waals surface area contributed by atoms with Gasteiger partial charge in [-0.05, 0) is 47.9 Å². The highest BCUT2D eigenvalue weighted by Crippen LogP contribution is 2.23. The molecule has 0 bridgehead atoms. The van der Waals surface area contributed by atoms with Crippen LogP contribution in [0.15, 0.2) is 53.0 Å². The Bertz CT molecular complexity index is 781. The SMILES string of the molecule is CCCCCCCCCCOc1ccc(/C=C(/C(=O)O)c2cccc(Br)c2)cc1. The lowest BCUT2D eigenvalue weighted by molar-refractivity contribution is -0.130. The average molecular weight is 459 g/mol. The van der Waals surface area contributed by atoms with E-state index >= 15 is 0 Å². The molecule has 0 fully saturated rings.